The van der Waals surface area contributed by atoms with Crippen LogP contribution in [-0.2, 0) is 16.8 Å². The number of amides is 2. The molecule has 0 atom stereocenters. The summed E-state index contributed by atoms with van der Waals surface area (Å²) in [5, 5.41) is 18.1. The first-order valence-corrected chi connectivity index (χ1v) is 7.05. The highest BCUT2D eigenvalue weighted by Crippen LogP contribution is 2.14. The molecule has 0 fully saturated rings. The van der Waals surface area contributed by atoms with Crippen LogP contribution in [-0.4, -0.2) is 31.9 Å². The molecule has 8 nitrogen and oxygen atoms in total. The number of carbonyl (C=O) groups is 2. The molecule has 1 aromatic heterocycles. The molecule has 1 heterocycles. The van der Waals surface area contributed by atoms with E-state index in [0.29, 0.717) is 11.3 Å². The Morgan fingerprint density at radius 2 is 2.00 bits per heavy atom. The first-order valence-electron chi connectivity index (χ1n) is 7.05. The second-order valence-electron chi connectivity index (χ2n) is 6.03. The number of benzene rings is 1. The van der Waals surface area contributed by atoms with Gasteiger partial charge in [-0.3, -0.25) is 10.1 Å². The molecule has 2 rings (SSSR count). The maximum Gasteiger partial charge on any atom is 0.326 e. The van der Waals surface area contributed by atoms with Crippen LogP contribution in [0, 0.1) is 0 Å². The Morgan fingerprint density at radius 3 is 2.61 bits per heavy atom. The summed E-state index contributed by atoms with van der Waals surface area (Å²) in [6.07, 6.45) is 1.44. The number of aliphatic carboxylic acids is 1. The fraction of sp³-hybridized carbons (Fsp3) is 0.333. The zero-order chi connectivity index (χ0) is 17.0. The number of nitrogens with one attached hydrogen (secondary N) is 2. The number of carbonyl (C=O) groups excluding carboxylic acids is 1. The number of urea groups is 1. The van der Waals surface area contributed by atoms with Gasteiger partial charge in [-0.1, -0.05) is 12.1 Å². The third kappa shape index (κ3) is 4.80. The van der Waals surface area contributed by atoms with Crippen LogP contribution in [0.4, 0.5) is 16.4 Å². The minimum Gasteiger partial charge on any atom is -0.481 e. The standard InChI is InChI=1S/C15H19N5O3/c1-15(2,3)20-9-16-13(19-20)18-14(23)17-11-6-4-5-10(7-11)8-12(21)22/h4-7,9H,8H2,1-3H3,(H,21,22)(H2,17,18,19,23). The van der Waals surface area contributed by atoms with Gasteiger partial charge in [-0.25, -0.2) is 14.5 Å². The highest BCUT2D eigenvalue weighted by atomic mass is 16.4. The largest absolute Gasteiger partial charge is 0.481 e. The maximum atomic E-state index is 11.9. The highest BCUT2D eigenvalue weighted by molar-refractivity contribution is 5.98. The van der Waals surface area contributed by atoms with Crippen molar-refractivity contribution in [2.45, 2.75) is 32.7 Å². The van der Waals surface area contributed by atoms with Gasteiger partial charge in [0, 0.05) is 5.69 Å². The first kappa shape index (κ1) is 16.5. The van der Waals surface area contributed by atoms with Gasteiger partial charge in [0.15, 0.2) is 0 Å². The van der Waals surface area contributed by atoms with Crippen LogP contribution in [0.15, 0.2) is 30.6 Å². The lowest BCUT2D eigenvalue weighted by atomic mass is 10.1. The number of carboxylic acid groups (broad SMARTS) is 1. The van der Waals surface area contributed by atoms with E-state index in [0.717, 1.165) is 0 Å². The fourth-order valence-corrected chi connectivity index (χ4v) is 1.84. The molecule has 0 unspecified atom stereocenters. The van der Waals surface area contributed by atoms with Gasteiger partial charge in [-0.05, 0) is 38.5 Å². The second-order valence-corrected chi connectivity index (χ2v) is 6.03. The van der Waals surface area contributed by atoms with E-state index in [2.05, 4.69) is 20.7 Å². The van der Waals surface area contributed by atoms with E-state index < -0.39 is 12.0 Å². The number of aromatic nitrogens is 3. The molecule has 0 aliphatic rings. The zero-order valence-corrected chi connectivity index (χ0v) is 13.2. The van der Waals surface area contributed by atoms with Crippen LogP contribution >= 0.6 is 0 Å². The third-order valence-electron chi connectivity index (χ3n) is 2.94. The minimum absolute atomic E-state index is 0.102. The van der Waals surface area contributed by atoms with Crippen molar-refractivity contribution in [3.05, 3.63) is 36.2 Å². The van der Waals surface area contributed by atoms with Gasteiger partial charge in [0.1, 0.15) is 6.33 Å². The Morgan fingerprint density at radius 1 is 1.26 bits per heavy atom. The van der Waals surface area contributed by atoms with Crippen molar-refractivity contribution in [1.29, 1.82) is 0 Å². The molecule has 122 valence electrons. The number of carboxylic acids is 1. The molecule has 3 N–H and O–H groups in total. The van der Waals surface area contributed by atoms with Gasteiger partial charge in [-0.15, -0.1) is 5.10 Å². The topological polar surface area (TPSA) is 109 Å². The maximum absolute atomic E-state index is 11.9. The smallest absolute Gasteiger partial charge is 0.326 e. The van der Waals surface area contributed by atoms with E-state index in [1.54, 1.807) is 35.3 Å². The van der Waals surface area contributed by atoms with Crippen LogP contribution in [0.25, 0.3) is 0 Å². The lowest BCUT2D eigenvalue weighted by Gasteiger charge is -2.17. The summed E-state index contributed by atoms with van der Waals surface area (Å²) in [5.74, 6) is -0.734. The fourth-order valence-electron chi connectivity index (χ4n) is 1.84. The van der Waals surface area contributed by atoms with Crippen molar-refractivity contribution in [3.63, 3.8) is 0 Å². The van der Waals surface area contributed by atoms with E-state index >= 15 is 0 Å². The zero-order valence-electron chi connectivity index (χ0n) is 13.2. The Labute approximate surface area is 133 Å². The average Bonchev–Trinajstić information content (AvgIpc) is 2.86. The molecule has 8 heteroatoms. The summed E-state index contributed by atoms with van der Waals surface area (Å²) >= 11 is 0. The quantitative estimate of drug-likeness (QED) is 0.801. The predicted octanol–water partition coefficient (Wildman–Crippen LogP) is 2.30. The number of nitrogens with zero attached hydrogens (tertiary/aromatic N) is 3. The van der Waals surface area contributed by atoms with Crippen LogP contribution in [0.1, 0.15) is 26.3 Å². The summed E-state index contributed by atoms with van der Waals surface area (Å²) in [6, 6.07) is 6.15. The molecule has 0 aliphatic heterocycles. The van der Waals surface area contributed by atoms with Crippen molar-refractivity contribution in [1.82, 2.24) is 14.8 Å². The summed E-state index contributed by atoms with van der Waals surface area (Å²) in [4.78, 5) is 26.7. The van der Waals surface area contributed by atoms with Gasteiger partial charge >= 0.3 is 12.0 Å². The molecule has 2 aromatic rings. The Kier molecular flexibility index (Phi) is 4.63. The van der Waals surface area contributed by atoms with E-state index in [9.17, 15) is 9.59 Å². The summed E-state index contributed by atoms with van der Waals surface area (Å²) in [5.41, 5.74) is 0.871. The molecule has 0 saturated carbocycles. The van der Waals surface area contributed by atoms with E-state index in [1.165, 1.54) is 0 Å². The van der Waals surface area contributed by atoms with E-state index in [-0.39, 0.29) is 17.9 Å². The number of hydrogen-bond donors (Lipinski definition) is 3. The van der Waals surface area contributed by atoms with Crippen LogP contribution in [0.5, 0.6) is 0 Å². The lowest BCUT2D eigenvalue weighted by molar-refractivity contribution is -0.136. The van der Waals surface area contributed by atoms with E-state index in [4.69, 9.17) is 5.11 Å². The SMILES string of the molecule is CC(C)(C)n1cnc(NC(=O)Nc2cccc(CC(=O)O)c2)n1. The van der Waals surface area contributed by atoms with Gasteiger partial charge < -0.3 is 10.4 Å². The Balaban J connectivity index is 1.99. The molecular weight excluding hydrogens is 298 g/mol. The molecule has 0 bridgehead atoms. The molecule has 0 aliphatic carbocycles. The molecule has 0 radical (unpaired) electrons. The molecule has 1 aromatic carbocycles. The Bertz CT molecular complexity index is 718. The number of hydrogen-bond acceptors (Lipinski definition) is 4. The minimum atomic E-state index is -0.927. The molecule has 0 spiro atoms. The Hall–Kier alpha value is -2.90. The van der Waals surface area contributed by atoms with Crippen molar-refractivity contribution in [2.24, 2.45) is 0 Å². The van der Waals surface area contributed by atoms with E-state index in [1.807, 2.05) is 20.8 Å². The van der Waals surface area contributed by atoms with Gasteiger partial charge in [0.05, 0.1) is 12.0 Å². The molecular formula is C15H19N5O3. The van der Waals surface area contributed by atoms with Gasteiger partial charge in [0.2, 0.25) is 5.95 Å². The van der Waals surface area contributed by atoms with Crippen molar-refractivity contribution in [2.75, 3.05) is 10.6 Å². The summed E-state index contributed by atoms with van der Waals surface area (Å²) in [6.45, 7) is 5.92. The summed E-state index contributed by atoms with van der Waals surface area (Å²) in [7, 11) is 0. The average molecular weight is 317 g/mol. The van der Waals surface area contributed by atoms with Gasteiger partial charge in [-0.2, -0.15) is 0 Å². The monoisotopic (exact) mass is 317 g/mol. The van der Waals surface area contributed by atoms with Crippen molar-refractivity contribution < 1.29 is 14.7 Å². The lowest BCUT2D eigenvalue weighted by Crippen LogP contribution is -2.23. The third-order valence-corrected chi connectivity index (χ3v) is 2.94. The van der Waals surface area contributed by atoms with Gasteiger partial charge in [0.25, 0.3) is 0 Å². The summed E-state index contributed by atoms with van der Waals surface area (Å²) < 4.78 is 1.65. The van der Waals surface area contributed by atoms with Crippen LogP contribution < -0.4 is 10.6 Å². The predicted molar refractivity (Wildman–Crippen MR) is 85.4 cm³/mol. The van der Waals surface area contributed by atoms with Crippen LogP contribution in [0.2, 0.25) is 0 Å². The molecule has 23 heavy (non-hydrogen) atoms. The molecule has 2 amide bonds. The van der Waals surface area contributed by atoms with Crippen LogP contribution in [0.3, 0.4) is 0 Å². The van der Waals surface area contributed by atoms with Crippen molar-refractivity contribution >= 4 is 23.6 Å². The second kappa shape index (κ2) is 6.47. The normalized spacial score (nSPS) is 11.1. The first-order chi connectivity index (χ1) is 10.7. The number of rotatable bonds is 4. The number of anilines is 2. The highest BCUT2D eigenvalue weighted by Gasteiger charge is 2.16. The van der Waals surface area contributed by atoms with Crippen molar-refractivity contribution in [3.8, 4) is 0 Å². The molecule has 0 saturated heterocycles.